The molecule has 0 fully saturated rings. The molecule has 1 aliphatic rings. The van der Waals surface area contributed by atoms with Crippen LogP contribution in [-0.4, -0.2) is 30.0 Å². The number of fused-ring (bicyclic) bond motifs is 1. The van der Waals surface area contributed by atoms with E-state index in [1.54, 1.807) is 6.07 Å². The summed E-state index contributed by atoms with van der Waals surface area (Å²) >= 11 is 0. The number of aliphatic hydroxyl groups excluding tert-OH is 1. The Morgan fingerprint density at radius 2 is 1.67 bits per heavy atom. The number of anilines is 2. The van der Waals surface area contributed by atoms with Crippen LogP contribution in [0.25, 0.3) is 0 Å². The second-order valence-electron chi connectivity index (χ2n) is 8.37. The lowest BCUT2D eigenvalue weighted by atomic mass is 9.79. The number of carbonyl (C=O) groups excluding carboxylic acids is 2. The van der Waals surface area contributed by atoms with Gasteiger partial charge >= 0.3 is 5.97 Å². The monoisotopic (exact) mass is 443 g/mol. The molecule has 0 aromatic heterocycles. The molecule has 0 bridgehead atoms. The molecule has 33 heavy (non-hydrogen) atoms. The number of nitrogens with zero attached hydrogens (tertiary/aromatic N) is 1. The van der Waals surface area contributed by atoms with Crippen molar-refractivity contribution in [1.82, 2.24) is 0 Å². The van der Waals surface area contributed by atoms with Gasteiger partial charge in [0.1, 0.15) is 18.6 Å². The zero-order valence-corrected chi connectivity index (χ0v) is 18.6. The molecule has 0 heterocycles. The number of aliphatic hydroxyl groups is 1. The van der Waals surface area contributed by atoms with E-state index in [4.69, 9.17) is 9.84 Å². The van der Waals surface area contributed by atoms with Crippen molar-refractivity contribution in [2.24, 2.45) is 0 Å². The minimum atomic E-state index is -0.645. The summed E-state index contributed by atoms with van der Waals surface area (Å²) in [4.78, 5) is 26.0. The van der Waals surface area contributed by atoms with Gasteiger partial charge < -0.3 is 19.5 Å². The third-order valence-electron chi connectivity index (χ3n) is 6.31. The van der Waals surface area contributed by atoms with Crippen molar-refractivity contribution in [1.29, 1.82) is 0 Å². The van der Waals surface area contributed by atoms with E-state index < -0.39 is 12.6 Å². The van der Waals surface area contributed by atoms with Gasteiger partial charge in [-0.05, 0) is 79.5 Å². The fourth-order valence-corrected chi connectivity index (χ4v) is 4.80. The Balaban J connectivity index is 1.56. The third kappa shape index (κ3) is 5.32. The van der Waals surface area contributed by atoms with Crippen LogP contribution in [-0.2, 0) is 16.0 Å². The van der Waals surface area contributed by atoms with Crippen LogP contribution in [0.3, 0.4) is 0 Å². The topological polar surface area (TPSA) is 66.8 Å². The molecular formula is C28H29NO4. The Hall–Kier alpha value is -3.44. The Kier molecular flexibility index (Phi) is 7.53. The quantitative estimate of drug-likeness (QED) is 0.280. The highest BCUT2D eigenvalue weighted by molar-refractivity contribution is 5.75. The second kappa shape index (κ2) is 10.9. The summed E-state index contributed by atoms with van der Waals surface area (Å²) in [6.45, 7) is -0.636. The molecular weight excluding hydrogens is 414 g/mol. The number of rotatable bonds is 9. The first-order valence-electron chi connectivity index (χ1n) is 11.5. The highest BCUT2D eigenvalue weighted by Gasteiger charge is 2.26. The predicted octanol–water partition coefficient (Wildman–Crippen LogP) is 5.19. The lowest BCUT2D eigenvalue weighted by Gasteiger charge is -2.33. The molecule has 1 N–H and O–H groups in total. The SMILES string of the molecule is O=CC(CCC1CCCc2c(OC(=O)CO)cccc21)N(c1ccccc1)c1ccccc1. The summed E-state index contributed by atoms with van der Waals surface area (Å²) in [5.41, 5.74) is 4.20. The van der Waals surface area contributed by atoms with E-state index in [-0.39, 0.29) is 12.0 Å². The van der Waals surface area contributed by atoms with Crippen LogP contribution < -0.4 is 9.64 Å². The van der Waals surface area contributed by atoms with Gasteiger partial charge in [-0.3, -0.25) is 0 Å². The summed E-state index contributed by atoms with van der Waals surface area (Å²) < 4.78 is 5.36. The van der Waals surface area contributed by atoms with Crippen molar-refractivity contribution >= 4 is 23.6 Å². The molecule has 2 unspecified atom stereocenters. The molecule has 2 atom stereocenters. The summed E-state index contributed by atoms with van der Waals surface area (Å²) in [5.74, 6) is 0.184. The van der Waals surface area contributed by atoms with Gasteiger partial charge in [-0.1, -0.05) is 48.5 Å². The van der Waals surface area contributed by atoms with Crippen molar-refractivity contribution in [3.63, 3.8) is 0 Å². The molecule has 0 amide bonds. The first-order valence-corrected chi connectivity index (χ1v) is 11.5. The number of hydrogen-bond acceptors (Lipinski definition) is 5. The number of carbonyl (C=O) groups is 2. The van der Waals surface area contributed by atoms with Gasteiger partial charge in [-0.25, -0.2) is 4.79 Å². The van der Waals surface area contributed by atoms with Crippen LogP contribution in [0.5, 0.6) is 5.75 Å². The summed E-state index contributed by atoms with van der Waals surface area (Å²) in [5, 5.41) is 9.05. The predicted molar refractivity (Wildman–Crippen MR) is 129 cm³/mol. The van der Waals surface area contributed by atoms with Crippen molar-refractivity contribution in [2.75, 3.05) is 11.5 Å². The number of benzene rings is 3. The smallest absolute Gasteiger partial charge is 0.337 e. The van der Waals surface area contributed by atoms with Crippen molar-refractivity contribution in [3.05, 3.63) is 90.0 Å². The molecule has 4 rings (SSSR count). The van der Waals surface area contributed by atoms with Gasteiger partial charge in [-0.2, -0.15) is 0 Å². The first kappa shape index (κ1) is 22.7. The average Bonchev–Trinajstić information content (AvgIpc) is 2.87. The molecule has 0 spiro atoms. The van der Waals surface area contributed by atoms with Gasteiger partial charge in [0.05, 0.1) is 6.04 Å². The molecule has 0 saturated heterocycles. The summed E-state index contributed by atoms with van der Waals surface area (Å²) in [6.07, 6.45) is 5.48. The molecule has 0 saturated carbocycles. The minimum absolute atomic E-state index is 0.289. The standard InChI is InChI=1S/C28H29NO4/c30-19-24(29(22-10-3-1-4-11-22)23-12-5-2-6-13-23)18-17-21-9-7-15-26-25(21)14-8-16-27(26)33-28(32)20-31/h1-6,8,10-14,16,19,21,24,31H,7,9,15,17-18,20H2. The maximum atomic E-state index is 12.3. The average molecular weight is 444 g/mol. The molecule has 3 aromatic rings. The summed E-state index contributed by atoms with van der Waals surface area (Å²) in [6, 6.07) is 25.5. The lowest BCUT2D eigenvalue weighted by molar-refractivity contribution is -0.137. The molecule has 170 valence electrons. The van der Waals surface area contributed by atoms with Gasteiger partial charge in [-0.15, -0.1) is 0 Å². The molecule has 3 aromatic carbocycles. The number of ether oxygens (including phenoxy) is 1. The van der Waals surface area contributed by atoms with Crippen LogP contribution in [0.1, 0.15) is 42.7 Å². The fourth-order valence-electron chi connectivity index (χ4n) is 4.80. The number of hydrogen-bond donors (Lipinski definition) is 1. The van der Waals surface area contributed by atoms with Crippen LogP contribution in [0.2, 0.25) is 0 Å². The molecule has 0 aliphatic heterocycles. The molecule has 5 heteroatoms. The zero-order valence-electron chi connectivity index (χ0n) is 18.6. The molecule has 1 aliphatic carbocycles. The van der Waals surface area contributed by atoms with Crippen LogP contribution in [0, 0.1) is 0 Å². The van der Waals surface area contributed by atoms with Gasteiger partial charge in [0.15, 0.2) is 0 Å². The highest BCUT2D eigenvalue weighted by atomic mass is 16.5. The zero-order chi connectivity index (χ0) is 23.0. The second-order valence-corrected chi connectivity index (χ2v) is 8.37. The number of para-hydroxylation sites is 2. The van der Waals surface area contributed by atoms with E-state index in [0.717, 1.165) is 48.9 Å². The highest BCUT2D eigenvalue weighted by Crippen LogP contribution is 2.40. The maximum absolute atomic E-state index is 12.3. The van der Waals surface area contributed by atoms with E-state index in [9.17, 15) is 9.59 Å². The van der Waals surface area contributed by atoms with Crippen molar-refractivity contribution in [2.45, 2.75) is 44.1 Å². The fraction of sp³-hybridized carbons (Fsp3) is 0.286. The van der Waals surface area contributed by atoms with Crippen LogP contribution >= 0.6 is 0 Å². The van der Waals surface area contributed by atoms with Crippen molar-refractivity contribution < 1.29 is 19.4 Å². The Labute approximate surface area is 194 Å². The van der Waals surface area contributed by atoms with Gasteiger partial charge in [0.25, 0.3) is 0 Å². The third-order valence-corrected chi connectivity index (χ3v) is 6.31. The Morgan fingerprint density at radius 1 is 1.00 bits per heavy atom. The first-order chi connectivity index (χ1) is 16.2. The normalized spacial score (nSPS) is 15.8. The Bertz CT molecular complexity index is 1030. The van der Waals surface area contributed by atoms with Gasteiger partial charge in [0, 0.05) is 11.4 Å². The van der Waals surface area contributed by atoms with E-state index in [1.807, 2.05) is 66.7 Å². The maximum Gasteiger partial charge on any atom is 0.337 e. The largest absolute Gasteiger partial charge is 0.425 e. The lowest BCUT2D eigenvalue weighted by Crippen LogP contribution is -2.33. The van der Waals surface area contributed by atoms with E-state index in [0.29, 0.717) is 12.2 Å². The van der Waals surface area contributed by atoms with E-state index >= 15 is 0 Å². The van der Waals surface area contributed by atoms with Crippen LogP contribution in [0.15, 0.2) is 78.9 Å². The minimum Gasteiger partial charge on any atom is -0.425 e. The molecule has 5 nitrogen and oxygen atoms in total. The summed E-state index contributed by atoms with van der Waals surface area (Å²) in [7, 11) is 0. The number of aldehydes is 1. The molecule has 0 radical (unpaired) electrons. The van der Waals surface area contributed by atoms with Gasteiger partial charge in [0.2, 0.25) is 0 Å². The Morgan fingerprint density at radius 3 is 2.27 bits per heavy atom. The number of esters is 1. The van der Waals surface area contributed by atoms with Crippen molar-refractivity contribution in [3.8, 4) is 5.75 Å². The van der Waals surface area contributed by atoms with E-state index in [1.165, 1.54) is 5.56 Å². The van der Waals surface area contributed by atoms with E-state index in [2.05, 4.69) is 11.0 Å². The van der Waals surface area contributed by atoms with Crippen LogP contribution in [0.4, 0.5) is 11.4 Å².